The summed E-state index contributed by atoms with van der Waals surface area (Å²) in [6.07, 6.45) is -0.179. The number of ether oxygens (including phenoxy) is 2. The molecular formula is C19H22N2O5. The van der Waals surface area contributed by atoms with Crippen molar-refractivity contribution in [1.29, 1.82) is 0 Å². The molecule has 2 aromatic rings. The maximum Gasteiger partial charge on any atom is 0.321 e. The number of hydrogen-bond donors (Lipinski definition) is 3. The second-order valence-corrected chi connectivity index (χ2v) is 5.53. The van der Waals surface area contributed by atoms with Gasteiger partial charge in [0.25, 0.3) is 0 Å². The van der Waals surface area contributed by atoms with Crippen LogP contribution in [0.25, 0.3) is 0 Å². The van der Waals surface area contributed by atoms with Gasteiger partial charge in [0, 0.05) is 19.3 Å². The van der Waals surface area contributed by atoms with Crippen molar-refractivity contribution in [3.05, 3.63) is 54.6 Å². The molecule has 2 rings (SSSR count). The maximum absolute atomic E-state index is 12.1. The van der Waals surface area contributed by atoms with Crippen LogP contribution in [0.4, 0.5) is 5.69 Å². The molecule has 7 nitrogen and oxygen atoms in total. The number of aliphatic carboxylic acids is 1. The quantitative estimate of drug-likeness (QED) is 0.565. The molecule has 0 fully saturated rings. The Bertz CT molecular complexity index is 704. The number of anilines is 1. The van der Waals surface area contributed by atoms with Crippen LogP contribution in [0.15, 0.2) is 54.6 Å². The first-order chi connectivity index (χ1) is 12.6. The molecule has 0 saturated carbocycles. The van der Waals surface area contributed by atoms with Crippen LogP contribution in [-0.4, -0.2) is 43.3 Å². The van der Waals surface area contributed by atoms with Crippen molar-refractivity contribution in [3.63, 3.8) is 0 Å². The van der Waals surface area contributed by atoms with Gasteiger partial charge in [-0.05, 0) is 36.4 Å². The molecule has 1 amide bonds. The molecule has 3 N–H and O–H groups in total. The fourth-order valence-corrected chi connectivity index (χ4v) is 2.21. The predicted molar refractivity (Wildman–Crippen MR) is 97.5 cm³/mol. The molecule has 26 heavy (non-hydrogen) atoms. The van der Waals surface area contributed by atoms with Crippen LogP contribution in [0.1, 0.15) is 6.42 Å². The lowest BCUT2D eigenvalue weighted by atomic mass is 10.2. The molecule has 0 spiro atoms. The van der Waals surface area contributed by atoms with E-state index in [4.69, 9.17) is 14.6 Å². The molecule has 0 aromatic heterocycles. The van der Waals surface area contributed by atoms with Gasteiger partial charge < -0.3 is 25.2 Å². The van der Waals surface area contributed by atoms with E-state index in [1.807, 2.05) is 30.3 Å². The molecule has 0 aliphatic heterocycles. The summed E-state index contributed by atoms with van der Waals surface area (Å²) in [7, 11) is 1.52. The molecule has 0 unspecified atom stereocenters. The first kappa shape index (κ1) is 19.4. The summed E-state index contributed by atoms with van der Waals surface area (Å²) in [5, 5.41) is 14.6. The van der Waals surface area contributed by atoms with Crippen LogP contribution in [0, 0.1) is 0 Å². The Hall–Kier alpha value is -2.90. The monoisotopic (exact) mass is 358 g/mol. The lowest BCUT2D eigenvalue weighted by Crippen LogP contribution is -2.41. The average molecular weight is 358 g/mol. The largest absolute Gasteiger partial charge is 0.480 e. The second-order valence-electron chi connectivity index (χ2n) is 5.53. The Morgan fingerprint density at radius 2 is 1.69 bits per heavy atom. The lowest BCUT2D eigenvalue weighted by Gasteiger charge is -2.14. The average Bonchev–Trinajstić information content (AvgIpc) is 2.63. The second kappa shape index (κ2) is 10.2. The fourth-order valence-electron chi connectivity index (χ4n) is 2.21. The van der Waals surface area contributed by atoms with E-state index in [2.05, 4.69) is 10.6 Å². The van der Waals surface area contributed by atoms with E-state index in [9.17, 15) is 9.59 Å². The van der Waals surface area contributed by atoms with Crippen LogP contribution in [0.2, 0.25) is 0 Å². The van der Waals surface area contributed by atoms with Gasteiger partial charge >= 0.3 is 5.97 Å². The van der Waals surface area contributed by atoms with Crippen molar-refractivity contribution in [2.45, 2.75) is 12.5 Å². The van der Waals surface area contributed by atoms with Crippen molar-refractivity contribution in [2.75, 3.05) is 25.6 Å². The maximum atomic E-state index is 12.1. The normalized spacial score (nSPS) is 11.6. The number of benzene rings is 2. The number of methoxy groups -OCH3 is 1. The van der Waals surface area contributed by atoms with Crippen LogP contribution in [-0.2, 0) is 14.3 Å². The number of carboxylic acids is 1. The standard InChI is InChI=1S/C19H22N2O5/c1-25-12-11-20-17(19(23)24)13-18(22)21-14-7-9-16(10-8-14)26-15-5-3-2-4-6-15/h2-10,17,20H,11-13H2,1H3,(H,21,22)(H,23,24)/t17-/m1/s1. The minimum absolute atomic E-state index is 0.179. The summed E-state index contributed by atoms with van der Waals surface area (Å²) in [5.41, 5.74) is 0.566. The van der Waals surface area contributed by atoms with E-state index in [-0.39, 0.29) is 12.3 Å². The van der Waals surface area contributed by atoms with Gasteiger partial charge in [0.2, 0.25) is 5.91 Å². The Morgan fingerprint density at radius 1 is 1.04 bits per heavy atom. The topological polar surface area (TPSA) is 96.9 Å². The van der Waals surface area contributed by atoms with Gasteiger partial charge in [-0.1, -0.05) is 18.2 Å². The van der Waals surface area contributed by atoms with Gasteiger partial charge in [-0.15, -0.1) is 0 Å². The Morgan fingerprint density at radius 3 is 2.31 bits per heavy atom. The van der Waals surface area contributed by atoms with Crippen molar-refractivity contribution in [3.8, 4) is 11.5 Å². The van der Waals surface area contributed by atoms with Gasteiger partial charge in [0.05, 0.1) is 13.0 Å². The molecule has 7 heteroatoms. The first-order valence-corrected chi connectivity index (χ1v) is 8.16. The Labute approximate surface area is 151 Å². The van der Waals surface area contributed by atoms with Crippen molar-refractivity contribution < 1.29 is 24.2 Å². The van der Waals surface area contributed by atoms with E-state index >= 15 is 0 Å². The molecule has 2 aromatic carbocycles. The SMILES string of the molecule is COCCN[C@H](CC(=O)Nc1ccc(Oc2ccccc2)cc1)C(=O)O. The highest BCUT2D eigenvalue weighted by molar-refractivity contribution is 5.94. The molecule has 0 heterocycles. The molecule has 0 aliphatic carbocycles. The number of amides is 1. The van der Waals surface area contributed by atoms with Crippen molar-refractivity contribution >= 4 is 17.6 Å². The van der Waals surface area contributed by atoms with E-state index in [0.29, 0.717) is 24.6 Å². The zero-order chi connectivity index (χ0) is 18.8. The Balaban J connectivity index is 1.87. The molecule has 0 radical (unpaired) electrons. The van der Waals surface area contributed by atoms with Crippen molar-refractivity contribution in [2.24, 2.45) is 0 Å². The highest BCUT2D eigenvalue weighted by Gasteiger charge is 2.20. The number of hydrogen-bond acceptors (Lipinski definition) is 5. The van der Waals surface area contributed by atoms with E-state index in [1.165, 1.54) is 7.11 Å². The predicted octanol–water partition coefficient (Wildman–Crippen LogP) is 2.50. The number of para-hydroxylation sites is 1. The van der Waals surface area contributed by atoms with Crippen molar-refractivity contribution in [1.82, 2.24) is 5.32 Å². The summed E-state index contributed by atoms with van der Waals surface area (Å²) < 4.78 is 10.5. The van der Waals surface area contributed by atoms with E-state index in [1.54, 1.807) is 24.3 Å². The van der Waals surface area contributed by atoms with Crippen LogP contribution >= 0.6 is 0 Å². The minimum Gasteiger partial charge on any atom is -0.480 e. The van der Waals surface area contributed by atoms with Crippen LogP contribution < -0.4 is 15.4 Å². The molecule has 0 bridgehead atoms. The lowest BCUT2D eigenvalue weighted by molar-refractivity contribution is -0.141. The highest BCUT2D eigenvalue weighted by atomic mass is 16.5. The number of rotatable bonds is 10. The number of carbonyl (C=O) groups excluding carboxylic acids is 1. The number of carbonyl (C=O) groups is 2. The molecule has 0 saturated heterocycles. The van der Waals surface area contributed by atoms with Crippen LogP contribution in [0.5, 0.6) is 11.5 Å². The molecular weight excluding hydrogens is 336 g/mol. The number of carboxylic acid groups (broad SMARTS) is 1. The summed E-state index contributed by atoms with van der Waals surface area (Å²) in [6.45, 7) is 0.723. The third-order valence-electron chi connectivity index (χ3n) is 3.50. The fraction of sp³-hybridized carbons (Fsp3) is 0.263. The number of nitrogens with one attached hydrogen (secondary N) is 2. The molecule has 1 atom stereocenters. The van der Waals surface area contributed by atoms with Gasteiger partial charge in [-0.3, -0.25) is 9.59 Å². The summed E-state index contributed by atoms with van der Waals surface area (Å²) in [6, 6.07) is 15.2. The third-order valence-corrected chi connectivity index (χ3v) is 3.50. The highest BCUT2D eigenvalue weighted by Crippen LogP contribution is 2.22. The summed E-state index contributed by atoms with van der Waals surface area (Å²) >= 11 is 0. The summed E-state index contributed by atoms with van der Waals surface area (Å²) in [4.78, 5) is 23.3. The van der Waals surface area contributed by atoms with Crippen LogP contribution in [0.3, 0.4) is 0 Å². The Kier molecular flexibility index (Phi) is 7.60. The van der Waals surface area contributed by atoms with Gasteiger partial charge in [-0.25, -0.2) is 0 Å². The third kappa shape index (κ3) is 6.54. The zero-order valence-electron chi connectivity index (χ0n) is 14.5. The smallest absolute Gasteiger partial charge is 0.321 e. The summed E-state index contributed by atoms with van der Waals surface area (Å²) in [5.74, 6) is -0.114. The molecule has 138 valence electrons. The van der Waals surface area contributed by atoms with E-state index in [0.717, 1.165) is 5.75 Å². The van der Waals surface area contributed by atoms with E-state index < -0.39 is 12.0 Å². The van der Waals surface area contributed by atoms with Gasteiger partial charge in [-0.2, -0.15) is 0 Å². The van der Waals surface area contributed by atoms with Gasteiger partial charge in [0.1, 0.15) is 17.5 Å². The first-order valence-electron chi connectivity index (χ1n) is 8.16. The minimum atomic E-state index is -1.08. The van der Waals surface area contributed by atoms with Gasteiger partial charge in [0.15, 0.2) is 0 Å². The zero-order valence-corrected chi connectivity index (χ0v) is 14.5. The molecule has 0 aliphatic rings.